The van der Waals surface area contributed by atoms with Gasteiger partial charge in [0.15, 0.2) is 24.1 Å². The number of Topliss-reactive ketones (excluding diaryl/α,β-unsaturated/α-hetero) is 1. The van der Waals surface area contributed by atoms with Crippen molar-refractivity contribution >= 4 is 35.6 Å². The molecule has 0 amide bonds. The van der Waals surface area contributed by atoms with Gasteiger partial charge in [-0.3, -0.25) is 24.0 Å². The maximum absolute atomic E-state index is 14.3. The molecule has 2 aliphatic rings. The van der Waals surface area contributed by atoms with Crippen LogP contribution in [0.15, 0.2) is 54.6 Å². The zero-order valence-electron chi connectivity index (χ0n) is 30.3. The van der Waals surface area contributed by atoms with Crippen LogP contribution < -0.4 is 0 Å². The lowest BCUT2D eigenvalue weighted by Gasteiger charge is -2.44. The van der Waals surface area contributed by atoms with Crippen molar-refractivity contribution < 1.29 is 57.6 Å². The van der Waals surface area contributed by atoms with E-state index in [1.165, 1.54) is 18.2 Å². The number of benzene rings is 1. The molecule has 50 heavy (non-hydrogen) atoms. The zero-order chi connectivity index (χ0) is 37.7. The standard InChI is InChI=1S/C38H50O12/c1-11-27(41)48-29-22(5)19-38(45)28(29)30(46-24(7)39)23(6)31(49-35(43)20(2)3)32(50-36(44)26-15-13-12-14-16-26)34(47-25(8)40)37(9,10)18-17-21(4)33(38)42/h12-18,20-22,28-32,34,45H,6,11,19H2,1-5,7-10H3/b18-17+/t21-,22+,28-,29+,30+,31+,32-,34-,38-/m1/s1. The average Bonchev–Trinajstić information content (AvgIpc) is 3.30. The van der Waals surface area contributed by atoms with E-state index in [9.17, 15) is 33.9 Å². The van der Waals surface area contributed by atoms with Crippen molar-refractivity contribution in [1.82, 2.24) is 0 Å². The molecule has 1 aromatic rings. The third-order valence-corrected chi connectivity index (χ3v) is 9.25. The van der Waals surface area contributed by atoms with Crippen molar-refractivity contribution in [2.24, 2.45) is 29.1 Å². The molecular formula is C38H50O12. The third-order valence-electron chi connectivity index (χ3n) is 9.25. The largest absolute Gasteiger partial charge is 0.461 e. The van der Waals surface area contributed by atoms with E-state index in [4.69, 9.17) is 23.7 Å². The summed E-state index contributed by atoms with van der Waals surface area (Å²) in [5.41, 5.74) is -3.51. The first-order valence-electron chi connectivity index (χ1n) is 16.9. The molecular weight excluding hydrogens is 648 g/mol. The number of hydrogen-bond donors (Lipinski definition) is 1. The number of carbonyl (C=O) groups is 6. The Morgan fingerprint density at radius 3 is 2.04 bits per heavy atom. The lowest BCUT2D eigenvalue weighted by atomic mass is 9.72. The van der Waals surface area contributed by atoms with Gasteiger partial charge >= 0.3 is 29.8 Å². The number of fused-ring (bicyclic) bond motifs is 1. The van der Waals surface area contributed by atoms with Gasteiger partial charge < -0.3 is 28.8 Å². The molecule has 1 N–H and O–H groups in total. The molecule has 12 heteroatoms. The van der Waals surface area contributed by atoms with Crippen LogP contribution in [0.3, 0.4) is 0 Å². The molecule has 0 unspecified atom stereocenters. The topological polar surface area (TPSA) is 169 Å². The second-order valence-corrected chi connectivity index (χ2v) is 14.2. The molecule has 9 atom stereocenters. The molecule has 3 rings (SSSR count). The van der Waals surface area contributed by atoms with Gasteiger partial charge in [-0.25, -0.2) is 4.79 Å². The van der Waals surface area contributed by atoms with Crippen LogP contribution in [0.4, 0.5) is 0 Å². The summed E-state index contributed by atoms with van der Waals surface area (Å²) in [6.45, 7) is 17.8. The Kier molecular flexibility index (Phi) is 12.9. The number of esters is 5. The normalized spacial score (nSPS) is 31.7. The SMILES string of the molecule is C=C1[C@H](OC(=O)C(C)C)[C@@H](OC(=O)c2ccccc2)[C@@H](OC(C)=O)C(C)(C)/C=C/[C@@H](C)C(=O)[C@@]2(O)C[C@H](C)[C@H](OC(=O)CC)[C@@H]2[C@H]1OC(C)=O. The van der Waals surface area contributed by atoms with Crippen molar-refractivity contribution in [2.75, 3.05) is 0 Å². The smallest absolute Gasteiger partial charge is 0.338 e. The van der Waals surface area contributed by atoms with E-state index in [1.807, 2.05) is 0 Å². The summed E-state index contributed by atoms with van der Waals surface area (Å²) in [6.07, 6.45) is -4.53. The Hall–Kier alpha value is -4.32. The minimum Gasteiger partial charge on any atom is -0.461 e. The molecule has 0 aromatic heterocycles. The van der Waals surface area contributed by atoms with E-state index >= 15 is 0 Å². The Morgan fingerprint density at radius 2 is 1.50 bits per heavy atom. The molecule has 274 valence electrons. The van der Waals surface area contributed by atoms with Gasteiger partial charge in [0, 0.05) is 37.2 Å². The van der Waals surface area contributed by atoms with Gasteiger partial charge in [-0.05, 0) is 24.5 Å². The number of aliphatic hydroxyl groups is 1. The maximum atomic E-state index is 14.3. The van der Waals surface area contributed by atoms with Gasteiger partial charge in [0.25, 0.3) is 0 Å². The molecule has 0 radical (unpaired) electrons. The summed E-state index contributed by atoms with van der Waals surface area (Å²) in [4.78, 5) is 79.7. The molecule has 0 spiro atoms. The maximum Gasteiger partial charge on any atom is 0.338 e. The summed E-state index contributed by atoms with van der Waals surface area (Å²) in [6, 6.07) is 7.97. The minimum absolute atomic E-state index is 0.0219. The highest BCUT2D eigenvalue weighted by atomic mass is 16.6. The molecule has 0 heterocycles. The molecule has 0 saturated heterocycles. The van der Waals surface area contributed by atoms with Crippen molar-refractivity contribution in [1.29, 1.82) is 0 Å². The van der Waals surface area contributed by atoms with Crippen LogP contribution in [0.1, 0.15) is 85.5 Å². The number of ketones is 1. The Balaban J connectivity index is 2.45. The van der Waals surface area contributed by atoms with E-state index < -0.39 is 101 Å². The number of carbonyl (C=O) groups excluding carboxylic acids is 6. The number of allylic oxidation sites excluding steroid dienone is 1. The molecule has 0 aliphatic heterocycles. The average molecular weight is 699 g/mol. The fourth-order valence-electron chi connectivity index (χ4n) is 6.65. The fraction of sp³-hybridized carbons (Fsp3) is 0.579. The first kappa shape index (κ1) is 40.1. The van der Waals surface area contributed by atoms with E-state index in [-0.39, 0.29) is 24.0 Å². The van der Waals surface area contributed by atoms with Crippen LogP contribution in [0.25, 0.3) is 0 Å². The van der Waals surface area contributed by atoms with Crippen molar-refractivity contribution in [3.8, 4) is 0 Å². The Labute approximate surface area is 293 Å². The molecule has 1 aromatic carbocycles. The number of hydrogen-bond acceptors (Lipinski definition) is 12. The second kappa shape index (κ2) is 16.1. The lowest BCUT2D eigenvalue weighted by molar-refractivity contribution is -0.182. The van der Waals surface area contributed by atoms with Crippen LogP contribution in [-0.2, 0) is 47.7 Å². The summed E-state index contributed by atoms with van der Waals surface area (Å²) in [5, 5.41) is 12.4. The van der Waals surface area contributed by atoms with E-state index in [0.717, 1.165) is 13.8 Å². The van der Waals surface area contributed by atoms with Gasteiger partial charge in [0.05, 0.1) is 17.4 Å². The highest BCUT2D eigenvalue weighted by molar-refractivity contribution is 5.92. The first-order chi connectivity index (χ1) is 23.2. The van der Waals surface area contributed by atoms with Crippen molar-refractivity contribution in [3.63, 3.8) is 0 Å². The van der Waals surface area contributed by atoms with Crippen LogP contribution >= 0.6 is 0 Å². The van der Waals surface area contributed by atoms with Gasteiger partial charge in [-0.2, -0.15) is 0 Å². The van der Waals surface area contributed by atoms with Gasteiger partial charge in [0.1, 0.15) is 17.8 Å². The fourth-order valence-corrected chi connectivity index (χ4v) is 6.65. The van der Waals surface area contributed by atoms with Gasteiger partial charge in [-0.15, -0.1) is 0 Å². The zero-order valence-corrected chi connectivity index (χ0v) is 30.3. The van der Waals surface area contributed by atoms with Crippen LogP contribution in [0.5, 0.6) is 0 Å². The van der Waals surface area contributed by atoms with E-state index in [0.29, 0.717) is 0 Å². The summed E-state index contributed by atoms with van der Waals surface area (Å²) in [5.74, 6) is -8.20. The summed E-state index contributed by atoms with van der Waals surface area (Å²) >= 11 is 0. The van der Waals surface area contributed by atoms with Gasteiger partial charge in [-0.1, -0.05) is 85.4 Å². The predicted octanol–water partition coefficient (Wildman–Crippen LogP) is 4.71. The highest BCUT2D eigenvalue weighted by Gasteiger charge is 2.63. The van der Waals surface area contributed by atoms with E-state index in [1.54, 1.807) is 72.7 Å². The predicted molar refractivity (Wildman–Crippen MR) is 180 cm³/mol. The minimum atomic E-state index is -2.23. The van der Waals surface area contributed by atoms with E-state index in [2.05, 4.69) is 6.58 Å². The van der Waals surface area contributed by atoms with Crippen LogP contribution in [0.2, 0.25) is 0 Å². The Bertz CT molecular complexity index is 1490. The van der Waals surface area contributed by atoms with Crippen LogP contribution in [0, 0.1) is 29.1 Å². The van der Waals surface area contributed by atoms with Crippen LogP contribution in [-0.4, -0.2) is 76.9 Å². The molecule has 12 nitrogen and oxygen atoms in total. The van der Waals surface area contributed by atoms with Crippen molar-refractivity contribution in [2.45, 2.75) is 111 Å². The second-order valence-electron chi connectivity index (χ2n) is 14.2. The lowest BCUT2D eigenvalue weighted by Crippen LogP contribution is -2.58. The molecule has 1 saturated carbocycles. The highest BCUT2D eigenvalue weighted by Crippen LogP contribution is 2.49. The third kappa shape index (κ3) is 8.88. The number of rotatable bonds is 8. The molecule has 2 aliphatic carbocycles. The quantitative estimate of drug-likeness (QED) is 0.226. The first-order valence-corrected chi connectivity index (χ1v) is 16.9. The summed E-state index contributed by atoms with van der Waals surface area (Å²) < 4.78 is 29.7. The monoisotopic (exact) mass is 698 g/mol. The summed E-state index contributed by atoms with van der Waals surface area (Å²) in [7, 11) is 0. The van der Waals surface area contributed by atoms with Gasteiger partial charge in [0.2, 0.25) is 0 Å². The molecule has 1 fully saturated rings. The Morgan fingerprint density at radius 1 is 0.900 bits per heavy atom. The van der Waals surface area contributed by atoms with Crippen molar-refractivity contribution in [3.05, 3.63) is 60.2 Å². The molecule has 0 bridgehead atoms. The number of ether oxygens (including phenoxy) is 5.